The molecule has 24 heavy (non-hydrogen) atoms. The van der Waals surface area contributed by atoms with Crippen LogP contribution in [0.25, 0.3) is 0 Å². The normalized spacial score (nSPS) is 13.1. The maximum Gasteiger partial charge on any atom is 0.0547 e. The number of rotatable bonds is 4. The zero-order valence-corrected chi connectivity index (χ0v) is 14.9. The summed E-state index contributed by atoms with van der Waals surface area (Å²) in [6, 6.07) is 28.7. The largest absolute Gasteiger partial charge is 0.346 e. The Labute approximate surface area is 145 Å². The molecule has 1 aliphatic carbocycles. The maximum absolute atomic E-state index is 2.52. The van der Waals surface area contributed by atoms with E-state index in [1.165, 1.54) is 41.1 Å². The molecule has 0 aromatic heterocycles. The predicted octanol–water partition coefficient (Wildman–Crippen LogP) is 4.66. The van der Waals surface area contributed by atoms with Crippen molar-refractivity contribution in [2.24, 2.45) is 0 Å². The Bertz CT molecular complexity index is 774. The molecule has 0 bridgehead atoms. The standard InChI is InChI=1S/C22H22NP/c1-23(22-17-9-11-18-10-8-16-21(18)22)24(19-12-4-2-5-13-19)20-14-6-3-7-15-20/h2-7,9,11-15,17H,8,10,16H2,1H3. The molecule has 0 fully saturated rings. The Morgan fingerprint density at radius 2 is 1.33 bits per heavy atom. The minimum Gasteiger partial charge on any atom is -0.346 e. The van der Waals surface area contributed by atoms with Gasteiger partial charge in [-0.15, -0.1) is 0 Å². The van der Waals surface area contributed by atoms with Crippen LogP contribution in [0.5, 0.6) is 0 Å². The van der Waals surface area contributed by atoms with E-state index in [2.05, 4.69) is 90.6 Å². The van der Waals surface area contributed by atoms with Crippen molar-refractivity contribution < 1.29 is 0 Å². The van der Waals surface area contributed by atoms with Gasteiger partial charge >= 0.3 is 0 Å². The number of fused-ring (bicyclic) bond motifs is 1. The first kappa shape index (κ1) is 15.4. The number of anilines is 1. The van der Waals surface area contributed by atoms with Crippen LogP contribution >= 0.6 is 8.07 Å². The smallest absolute Gasteiger partial charge is 0.0547 e. The van der Waals surface area contributed by atoms with Crippen LogP contribution < -0.4 is 15.3 Å². The maximum atomic E-state index is 2.52. The van der Waals surface area contributed by atoms with Crippen molar-refractivity contribution >= 4 is 24.4 Å². The molecule has 0 N–H and O–H groups in total. The van der Waals surface area contributed by atoms with Crippen LogP contribution in [0.15, 0.2) is 78.9 Å². The molecule has 0 saturated carbocycles. The molecule has 0 aliphatic heterocycles. The molecule has 120 valence electrons. The van der Waals surface area contributed by atoms with E-state index in [1.54, 1.807) is 5.56 Å². The van der Waals surface area contributed by atoms with Crippen molar-refractivity contribution in [3.05, 3.63) is 90.0 Å². The lowest BCUT2D eigenvalue weighted by Crippen LogP contribution is -2.26. The Morgan fingerprint density at radius 3 is 1.96 bits per heavy atom. The van der Waals surface area contributed by atoms with Gasteiger partial charge in [-0.05, 0) is 36.5 Å². The van der Waals surface area contributed by atoms with Crippen LogP contribution in [0.1, 0.15) is 17.5 Å². The molecule has 1 aliphatic rings. The van der Waals surface area contributed by atoms with Gasteiger partial charge < -0.3 is 4.67 Å². The fourth-order valence-corrected chi connectivity index (χ4v) is 5.95. The van der Waals surface area contributed by atoms with Gasteiger partial charge in [0, 0.05) is 23.3 Å². The average Bonchev–Trinajstić information content (AvgIpc) is 3.12. The van der Waals surface area contributed by atoms with E-state index < -0.39 is 8.07 Å². The summed E-state index contributed by atoms with van der Waals surface area (Å²) in [7, 11) is 1.70. The number of benzene rings is 3. The van der Waals surface area contributed by atoms with E-state index in [0.717, 1.165) is 0 Å². The van der Waals surface area contributed by atoms with Crippen molar-refractivity contribution in [3.8, 4) is 0 Å². The molecular formula is C22H22NP. The van der Waals surface area contributed by atoms with Gasteiger partial charge in [0.2, 0.25) is 0 Å². The predicted molar refractivity (Wildman–Crippen MR) is 106 cm³/mol. The fourth-order valence-electron chi connectivity index (χ4n) is 3.64. The fraction of sp³-hybridized carbons (Fsp3) is 0.182. The average molecular weight is 331 g/mol. The van der Waals surface area contributed by atoms with Gasteiger partial charge in [0.25, 0.3) is 0 Å². The second-order valence-electron chi connectivity index (χ2n) is 6.27. The van der Waals surface area contributed by atoms with Gasteiger partial charge in [-0.2, -0.15) is 0 Å². The summed E-state index contributed by atoms with van der Waals surface area (Å²) in [4.78, 5) is 0. The quantitative estimate of drug-likeness (QED) is 0.629. The van der Waals surface area contributed by atoms with Crippen molar-refractivity contribution in [3.63, 3.8) is 0 Å². The number of aryl methyl sites for hydroxylation is 1. The SMILES string of the molecule is CN(c1cccc2c1CCC2)P(c1ccccc1)c1ccccc1. The van der Waals surface area contributed by atoms with Crippen LogP contribution in [-0.2, 0) is 12.8 Å². The van der Waals surface area contributed by atoms with Gasteiger partial charge in [0.15, 0.2) is 0 Å². The Kier molecular flexibility index (Phi) is 4.36. The lowest BCUT2D eigenvalue weighted by Gasteiger charge is -2.32. The van der Waals surface area contributed by atoms with Gasteiger partial charge in [-0.1, -0.05) is 72.8 Å². The molecule has 1 nitrogen and oxygen atoms in total. The van der Waals surface area contributed by atoms with E-state index in [4.69, 9.17) is 0 Å². The van der Waals surface area contributed by atoms with Crippen LogP contribution in [0.3, 0.4) is 0 Å². The highest BCUT2D eigenvalue weighted by atomic mass is 31.1. The Morgan fingerprint density at radius 1 is 0.708 bits per heavy atom. The molecule has 0 amide bonds. The summed E-state index contributed by atoms with van der Waals surface area (Å²) in [6.07, 6.45) is 3.73. The minimum atomic E-state index is -0.562. The molecule has 0 saturated heterocycles. The zero-order valence-electron chi connectivity index (χ0n) is 14.0. The first-order valence-electron chi connectivity index (χ1n) is 8.59. The first-order chi connectivity index (χ1) is 11.8. The minimum absolute atomic E-state index is 0.562. The summed E-state index contributed by atoms with van der Waals surface area (Å²) < 4.78 is 2.52. The highest BCUT2D eigenvalue weighted by Gasteiger charge is 2.24. The van der Waals surface area contributed by atoms with Crippen molar-refractivity contribution in [2.45, 2.75) is 19.3 Å². The monoisotopic (exact) mass is 331 g/mol. The molecule has 0 atom stereocenters. The van der Waals surface area contributed by atoms with E-state index in [0.29, 0.717) is 0 Å². The van der Waals surface area contributed by atoms with Crippen molar-refractivity contribution in [2.75, 3.05) is 11.7 Å². The van der Waals surface area contributed by atoms with E-state index in [-0.39, 0.29) is 0 Å². The van der Waals surface area contributed by atoms with Crippen molar-refractivity contribution in [1.82, 2.24) is 0 Å². The molecule has 4 rings (SSSR count). The molecule has 0 radical (unpaired) electrons. The third-order valence-electron chi connectivity index (χ3n) is 4.77. The molecule has 0 unspecified atom stereocenters. The molecule has 3 aromatic carbocycles. The molecular weight excluding hydrogens is 309 g/mol. The number of nitrogens with zero attached hydrogens (tertiary/aromatic N) is 1. The van der Waals surface area contributed by atoms with Gasteiger partial charge in [0.1, 0.15) is 0 Å². The Hall–Kier alpha value is -2.11. The molecule has 0 heterocycles. The van der Waals surface area contributed by atoms with E-state index in [1.807, 2.05) is 0 Å². The summed E-state index contributed by atoms with van der Waals surface area (Å²) in [5.74, 6) is 0. The molecule has 2 heteroatoms. The Balaban J connectivity index is 1.81. The highest BCUT2D eigenvalue weighted by Crippen LogP contribution is 2.44. The number of hydrogen-bond acceptors (Lipinski definition) is 1. The van der Waals surface area contributed by atoms with Gasteiger partial charge in [-0.25, -0.2) is 0 Å². The molecule has 0 spiro atoms. The molecule has 3 aromatic rings. The van der Waals surface area contributed by atoms with Gasteiger partial charge in [0.05, 0.1) is 8.07 Å². The third-order valence-corrected chi connectivity index (χ3v) is 7.16. The lowest BCUT2D eigenvalue weighted by atomic mass is 10.1. The highest BCUT2D eigenvalue weighted by molar-refractivity contribution is 7.74. The van der Waals surface area contributed by atoms with E-state index >= 15 is 0 Å². The first-order valence-corrected chi connectivity index (χ1v) is 9.88. The van der Waals surface area contributed by atoms with Crippen LogP contribution in [0.2, 0.25) is 0 Å². The topological polar surface area (TPSA) is 3.24 Å². The van der Waals surface area contributed by atoms with Crippen molar-refractivity contribution in [1.29, 1.82) is 0 Å². The lowest BCUT2D eigenvalue weighted by molar-refractivity contribution is 0.911. The van der Waals surface area contributed by atoms with E-state index in [9.17, 15) is 0 Å². The van der Waals surface area contributed by atoms with Crippen LogP contribution in [0.4, 0.5) is 5.69 Å². The zero-order chi connectivity index (χ0) is 16.4. The summed E-state index contributed by atoms with van der Waals surface area (Å²) >= 11 is 0. The van der Waals surface area contributed by atoms with Crippen LogP contribution in [-0.4, -0.2) is 7.05 Å². The van der Waals surface area contributed by atoms with Crippen LogP contribution in [0, 0.1) is 0 Å². The summed E-state index contributed by atoms with van der Waals surface area (Å²) in [5, 5.41) is 2.80. The summed E-state index contributed by atoms with van der Waals surface area (Å²) in [5.41, 5.74) is 4.50. The second kappa shape index (κ2) is 6.79. The second-order valence-corrected chi connectivity index (χ2v) is 8.53. The third kappa shape index (κ3) is 2.85. The summed E-state index contributed by atoms with van der Waals surface area (Å²) in [6.45, 7) is 0. The number of hydrogen-bond donors (Lipinski definition) is 0. The van der Waals surface area contributed by atoms with Gasteiger partial charge in [-0.3, -0.25) is 0 Å².